The Morgan fingerprint density at radius 2 is 1.95 bits per heavy atom. The lowest BCUT2D eigenvalue weighted by molar-refractivity contribution is -0.154. The van der Waals surface area contributed by atoms with Gasteiger partial charge in [0.1, 0.15) is 5.60 Å². The highest BCUT2D eigenvalue weighted by atomic mass is 16.5. The molecule has 2 rings (SSSR count). The number of piperidine rings is 1. The maximum atomic E-state index is 12.4. The normalized spacial score (nSPS) is 24.3. The fourth-order valence-electron chi connectivity index (χ4n) is 2.66. The minimum atomic E-state index is -0.645. The molecule has 2 aliphatic rings. The molecule has 2 fully saturated rings. The van der Waals surface area contributed by atoms with Gasteiger partial charge in [0.2, 0.25) is 0 Å². The summed E-state index contributed by atoms with van der Waals surface area (Å²) in [5.74, 6) is 1.08. The van der Waals surface area contributed by atoms with Gasteiger partial charge in [0.25, 0.3) is 5.91 Å². The van der Waals surface area contributed by atoms with Crippen LogP contribution in [-0.4, -0.2) is 49.2 Å². The molecule has 0 aromatic heterocycles. The Morgan fingerprint density at radius 3 is 2.42 bits per heavy atom. The van der Waals surface area contributed by atoms with Gasteiger partial charge in [-0.2, -0.15) is 0 Å². The van der Waals surface area contributed by atoms with Gasteiger partial charge >= 0.3 is 0 Å². The Balaban J connectivity index is 1.76. The van der Waals surface area contributed by atoms with Crippen LogP contribution in [0.5, 0.6) is 0 Å². The van der Waals surface area contributed by atoms with Crippen LogP contribution in [0, 0.1) is 5.92 Å². The molecular weight excluding hydrogens is 240 g/mol. The topological polar surface area (TPSA) is 41.6 Å². The van der Waals surface area contributed by atoms with E-state index in [0.29, 0.717) is 6.04 Å². The highest BCUT2D eigenvalue weighted by Gasteiger charge is 2.36. The third-order valence-electron chi connectivity index (χ3n) is 4.75. The van der Waals surface area contributed by atoms with Crippen molar-refractivity contribution in [3.63, 3.8) is 0 Å². The lowest BCUT2D eigenvalue weighted by Crippen LogP contribution is -2.52. The van der Waals surface area contributed by atoms with Crippen LogP contribution in [0.2, 0.25) is 0 Å². The molecular formula is C15H28N2O2. The predicted molar refractivity (Wildman–Crippen MR) is 76.0 cm³/mol. The van der Waals surface area contributed by atoms with E-state index in [2.05, 4.69) is 5.32 Å². The first-order chi connectivity index (χ1) is 9.09. The molecule has 1 saturated heterocycles. The molecule has 4 nitrogen and oxygen atoms in total. The van der Waals surface area contributed by atoms with Gasteiger partial charge in [-0.1, -0.05) is 6.92 Å². The maximum absolute atomic E-state index is 12.4. The first-order valence-electron chi connectivity index (χ1n) is 7.67. The monoisotopic (exact) mass is 268 g/mol. The fraction of sp³-hybridized carbons (Fsp3) is 0.933. The van der Waals surface area contributed by atoms with Gasteiger partial charge in [0.05, 0.1) is 0 Å². The summed E-state index contributed by atoms with van der Waals surface area (Å²) in [6, 6.07) is 0.597. The maximum Gasteiger partial charge on any atom is 0.254 e. The molecule has 0 aromatic rings. The average Bonchev–Trinajstić information content (AvgIpc) is 3.28. The van der Waals surface area contributed by atoms with E-state index >= 15 is 0 Å². The molecule has 1 amide bonds. The highest BCUT2D eigenvalue weighted by Crippen LogP contribution is 2.28. The molecule has 1 aliphatic heterocycles. The number of carbonyl (C=O) groups is 1. The molecule has 0 aromatic carbocycles. The second kappa shape index (κ2) is 6.23. The lowest BCUT2D eigenvalue weighted by Gasteiger charge is -2.37. The standard InChI is InChI=1S/C15H28N2O2/c1-4-15(2,19-3)14(18)17-9-7-13(8-10-17)16-11-12-5-6-12/h12-13,16H,4-11H2,1-3H3. The Morgan fingerprint density at radius 1 is 1.32 bits per heavy atom. The molecule has 1 unspecified atom stereocenters. The summed E-state index contributed by atoms with van der Waals surface area (Å²) in [7, 11) is 1.63. The molecule has 0 radical (unpaired) electrons. The van der Waals surface area contributed by atoms with Crippen molar-refractivity contribution in [2.75, 3.05) is 26.7 Å². The van der Waals surface area contributed by atoms with Crippen molar-refractivity contribution >= 4 is 5.91 Å². The van der Waals surface area contributed by atoms with Gasteiger partial charge in [-0.3, -0.25) is 4.79 Å². The number of hydrogen-bond acceptors (Lipinski definition) is 3. The number of likely N-dealkylation sites (tertiary alicyclic amines) is 1. The van der Waals surface area contributed by atoms with E-state index in [4.69, 9.17) is 4.74 Å². The SMILES string of the molecule is CCC(C)(OC)C(=O)N1CCC(NCC2CC2)CC1. The molecule has 1 saturated carbocycles. The van der Waals surface area contributed by atoms with Crippen molar-refractivity contribution in [2.24, 2.45) is 5.92 Å². The van der Waals surface area contributed by atoms with Gasteiger partial charge in [-0.15, -0.1) is 0 Å². The third kappa shape index (κ3) is 3.69. The molecule has 4 heteroatoms. The molecule has 1 heterocycles. The molecule has 0 spiro atoms. The summed E-state index contributed by atoms with van der Waals surface area (Å²) < 4.78 is 5.41. The van der Waals surface area contributed by atoms with Crippen LogP contribution in [-0.2, 0) is 9.53 Å². The van der Waals surface area contributed by atoms with Gasteiger partial charge < -0.3 is 15.0 Å². The van der Waals surface area contributed by atoms with Crippen molar-refractivity contribution in [2.45, 2.75) is 57.6 Å². The quantitative estimate of drug-likeness (QED) is 0.798. The summed E-state index contributed by atoms with van der Waals surface area (Å²) in [6.07, 6.45) is 5.66. The first-order valence-corrected chi connectivity index (χ1v) is 7.67. The number of nitrogens with zero attached hydrogens (tertiary/aromatic N) is 1. The van der Waals surface area contributed by atoms with Crippen LogP contribution < -0.4 is 5.32 Å². The van der Waals surface area contributed by atoms with Crippen molar-refractivity contribution in [3.05, 3.63) is 0 Å². The summed E-state index contributed by atoms with van der Waals surface area (Å²) in [6.45, 7) is 6.79. The Labute approximate surface area is 116 Å². The largest absolute Gasteiger partial charge is 0.369 e. The number of ether oxygens (including phenoxy) is 1. The van der Waals surface area contributed by atoms with Crippen LogP contribution >= 0.6 is 0 Å². The number of amides is 1. The van der Waals surface area contributed by atoms with E-state index in [9.17, 15) is 4.79 Å². The van der Waals surface area contributed by atoms with E-state index in [1.807, 2.05) is 18.7 Å². The minimum absolute atomic E-state index is 0.151. The third-order valence-corrected chi connectivity index (χ3v) is 4.75. The summed E-state index contributed by atoms with van der Waals surface area (Å²) in [5.41, 5.74) is -0.645. The van der Waals surface area contributed by atoms with Crippen molar-refractivity contribution in [1.29, 1.82) is 0 Å². The zero-order chi connectivity index (χ0) is 13.9. The average molecular weight is 268 g/mol. The number of hydrogen-bond donors (Lipinski definition) is 1. The van der Waals surface area contributed by atoms with Gasteiger partial charge in [0.15, 0.2) is 0 Å². The van der Waals surface area contributed by atoms with Crippen LogP contribution in [0.1, 0.15) is 46.0 Å². The van der Waals surface area contributed by atoms with Crippen LogP contribution in [0.4, 0.5) is 0 Å². The number of rotatable bonds is 6. The molecule has 19 heavy (non-hydrogen) atoms. The zero-order valence-corrected chi connectivity index (χ0v) is 12.6. The van der Waals surface area contributed by atoms with E-state index in [1.165, 1.54) is 19.4 Å². The number of methoxy groups -OCH3 is 1. The van der Waals surface area contributed by atoms with Crippen molar-refractivity contribution < 1.29 is 9.53 Å². The van der Waals surface area contributed by atoms with Crippen molar-refractivity contribution in [1.82, 2.24) is 10.2 Å². The van der Waals surface area contributed by atoms with Gasteiger partial charge in [0, 0.05) is 26.2 Å². The second-order valence-corrected chi connectivity index (χ2v) is 6.21. The highest BCUT2D eigenvalue weighted by molar-refractivity contribution is 5.84. The lowest BCUT2D eigenvalue weighted by atomic mass is 9.98. The van der Waals surface area contributed by atoms with E-state index in [1.54, 1.807) is 7.11 Å². The Hall–Kier alpha value is -0.610. The summed E-state index contributed by atoms with van der Waals surface area (Å²) in [5, 5.41) is 3.64. The molecule has 110 valence electrons. The predicted octanol–water partition coefficient (Wildman–Crippen LogP) is 1.79. The molecule has 1 atom stereocenters. The Bertz CT molecular complexity index is 303. The second-order valence-electron chi connectivity index (χ2n) is 6.21. The first kappa shape index (κ1) is 14.8. The van der Waals surface area contributed by atoms with E-state index < -0.39 is 5.60 Å². The number of carbonyl (C=O) groups excluding carboxylic acids is 1. The molecule has 1 N–H and O–H groups in total. The van der Waals surface area contributed by atoms with Crippen LogP contribution in [0.25, 0.3) is 0 Å². The van der Waals surface area contributed by atoms with Crippen molar-refractivity contribution in [3.8, 4) is 0 Å². The molecule has 0 bridgehead atoms. The Kier molecular flexibility index (Phi) is 4.85. The van der Waals surface area contributed by atoms with Gasteiger partial charge in [-0.05, 0) is 51.5 Å². The minimum Gasteiger partial charge on any atom is -0.369 e. The smallest absolute Gasteiger partial charge is 0.254 e. The van der Waals surface area contributed by atoms with Crippen LogP contribution in [0.3, 0.4) is 0 Å². The molecule has 1 aliphatic carbocycles. The van der Waals surface area contributed by atoms with Crippen LogP contribution in [0.15, 0.2) is 0 Å². The fourth-order valence-corrected chi connectivity index (χ4v) is 2.66. The number of nitrogens with one attached hydrogen (secondary N) is 1. The van der Waals surface area contributed by atoms with E-state index in [-0.39, 0.29) is 5.91 Å². The summed E-state index contributed by atoms with van der Waals surface area (Å²) >= 11 is 0. The zero-order valence-electron chi connectivity index (χ0n) is 12.6. The van der Waals surface area contributed by atoms with E-state index in [0.717, 1.165) is 38.3 Å². The van der Waals surface area contributed by atoms with Gasteiger partial charge in [-0.25, -0.2) is 0 Å². The summed E-state index contributed by atoms with van der Waals surface area (Å²) in [4.78, 5) is 14.4.